The number of benzene rings is 1. The van der Waals surface area contributed by atoms with Gasteiger partial charge in [0.15, 0.2) is 0 Å². The van der Waals surface area contributed by atoms with Gasteiger partial charge in [-0.15, -0.1) is 0 Å². The van der Waals surface area contributed by atoms with Crippen LogP contribution in [0.15, 0.2) is 42.5 Å². The van der Waals surface area contributed by atoms with E-state index in [0.29, 0.717) is 13.2 Å². The Balaban J connectivity index is 1.71. The van der Waals surface area contributed by atoms with Crippen molar-refractivity contribution in [3.8, 4) is 0 Å². The number of hydroxylamine groups is 1. The summed E-state index contributed by atoms with van der Waals surface area (Å²) in [6, 6.07) is 13.9. The summed E-state index contributed by atoms with van der Waals surface area (Å²) < 4.78 is 0. The topological polar surface area (TPSA) is 47.0 Å². The number of rotatable bonds is 5. The van der Waals surface area contributed by atoms with Gasteiger partial charge in [-0.2, -0.15) is 15.7 Å². The van der Waals surface area contributed by atoms with Crippen LogP contribution in [-0.4, -0.2) is 10.2 Å². The number of hydrogen-bond donors (Lipinski definition) is 1. The fourth-order valence-corrected chi connectivity index (χ4v) is 1.35. The predicted octanol–water partition coefficient (Wildman–Crippen LogP) is 2.01. The zero-order valence-corrected chi connectivity index (χ0v) is 9.76. The average molecular weight is 229 g/mol. The average Bonchev–Trinajstić information content (AvgIpc) is 2.38. The lowest BCUT2D eigenvalue weighted by molar-refractivity contribution is 0.0227. The third-order valence-corrected chi connectivity index (χ3v) is 2.29. The lowest BCUT2D eigenvalue weighted by Gasteiger charge is -2.05. The maximum Gasteiger partial charge on any atom is 0.0933 e. The highest BCUT2D eigenvalue weighted by molar-refractivity contribution is 5.13. The minimum atomic E-state index is 0.542. The number of aryl methyl sites for hydroxylation is 1. The van der Waals surface area contributed by atoms with E-state index < -0.39 is 0 Å². The number of aromatic nitrogens is 2. The fourth-order valence-electron chi connectivity index (χ4n) is 1.35. The Kier molecular flexibility index (Phi) is 4.18. The lowest BCUT2D eigenvalue weighted by atomic mass is 10.2. The van der Waals surface area contributed by atoms with Gasteiger partial charge in [-0.05, 0) is 24.6 Å². The Morgan fingerprint density at radius 2 is 1.88 bits per heavy atom. The molecule has 88 valence electrons. The van der Waals surface area contributed by atoms with Crippen molar-refractivity contribution < 1.29 is 4.84 Å². The van der Waals surface area contributed by atoms with Crippen LogP contribution in [0.1, 0.15) is 17.0 Å². The van der Waals surface area contributed by atoms with E-state index >= 15 is 0 Å². The molecular weight excluding hydrogens is 214 g/mol. The zero-order chi connectivity index (χ0) is 11.9. The van der Waals surface area contributed by atoms with E-state index in [4.69, 9.17) is 4.84 Å². The molecule has 0 aliphatic rings. The van der Waals surface area contributed by atoms with Gasteiger partial charge in [-0.3, -0.25) is 4.84 Å². The Labute approximate surface area is 101 Å². The standard InChI is InChI=1S/C13H15N3O/c1-11-7-8-13(16-15-11)9-14-17-10-12-5-3-2-4-6-12/h2-8,14H,9-10H2,1H3. The summed E-state index contributed by atoms with van der Waals surface area (Å²) in [6.45, 7) is 3.01. The fraction of sp³-hybridized carbons (Fsp3) is 0.231. The molecule has 1 N–H and O–H groups in total. The quantitative estimate of drug-likeness (QED) is 0.629. The van der Waals surface area contributed by atoms with Crippen LogP contribution in [0.3, 0.4) is 0 Å². The molecule has 2 rings (SSSR count). The van der Waals surface area contributed by atoms with Crippen molar-refractivity contribution in [1.82, 2.24) is 15.7 Å². The van der Waals surface area contributed by atoms with Crippen LogP contribution in [0.5, 0.6) is 0 Å². The third kappa shape index (κ3) is 3.94. The highest BCUT2D eigenvalue weighted by atomic mass is 16.6. The predicted molar refractivity (Wildman–Crippen MR) is 64.8 cm³/mol. The molecule has 2 aromatic rings. The van der Waals surface area contributed by atoms with Crippen molar-refractivity contribution >= 4 is 0 Å². The van der Waals surface area contributed by atoms with E-state index in [1.807, 2.05) is 49.4 Å². The van der Waals surface area contributed by atoms with Crippen molar-refractivity contribution in [2.24, 2.45) is 0 Å². The van der Waals surface area contributed by atoms with Gasteiger partial charge in [0.05, 0.1) is 24.5 Å². The molecule has 0 aliphatic carbocycles. The van der Waals surface area contributed by atoms with Crippen molar-refractivity contribution in [2.75, 3.05) is 0 Å². The zero-order valence-electron chi connectivity index (χ0n) is 9.76. The van der Waals surface area contributed by atoms with Gasteiger partial charge in [-0.1, -0.05) is 30.3 Å². The third-order valence-electron chi connectivity index (χ3n) is 2.29. The first kappa shape index (κ1) is 11.7. The van der Waals surface area contributed by atoms with Gasteiger partial charge in [0, 0.05) is 0 Å². The summed E-state index contributed by atoms with van der Waals surface area (Å²) in [7, 11) is 0. The molecule has 0 aliphatic heterocycles. The van der Waals surface area contributed by atoms with Gasteiger partial charge < -0.3 is 0 Å². The maximum absolute atomic E-state index is 5.34. The summed E-state index contributed by atoms with van der Waals surface area (Å²) in [5, 5.41) is 8.00. The largest absolute Gasteiger partial charge is 0.297 e. The van der Waals surface area contributed by atoms with E-state index in [2.05, 4.69) is 15.7 Å². The molecule has 0 fully saturated rings. The van der Waals surface area contributed by atoms with Gasteiger partial charge in [0.25, 0.3) is 0 Å². The van der Waals surface area contributed by atoms with Crippen LogP contribution >= 0.6 is 0 Å². The van der Waals surface area contributed by atoms with Crippen LogP contribution < -0.4 is 5.48 Å². The first-order valence-electron chi connectivity index (χ1n) is 5.52. The van der Waals surface area contributed by atoms with E-state index in [1.54, 1.807) is 0 Å². The second-order valence-electron chi connectivity index (χ2n) is 3.76. The van der Waals surface area contributed by atoms with Gasteiger partial charge in [-0.25, -0.2) is 0 Å². The number of hydrogen-bond acceptors (Lipinski definition) is 4. The molecule has 0 bridgehead atoms. The molecule has 4 heteroatoms. The summed E-state index contributed by atoms with van der Waals surface area (Å²) in [4.78, 5) is 5.34. The molecular formula is C13H15N3O. The molecule has 0 atom stereocenters. The lowest BCUT2D eigenvalue weighted by Crippen LogP contribution is -2.15. The van der Waals surface area contributed by atoms with E-state index in [1.165, 1.54) is 0 Å². The smallest absolute Gasteiger partial charge is 0.0933 e. The molecule has 1 heterocycles. The number of nitrogens with zero attached hydrogens (tertiary/aromatic N) is 2. The molecule has 0 unspecified atom stereocenters. The SMILES string of the molecule is Cc1ccc(CNOCc2ccccc2)nn1. The monoisotopic (exact) mass is 229 g/mol. The Bertz CT molecular complexity index is 442. The van der Waals surface area contributed by atoms with Gasteiger partial charge in [0.2, 0.25) is 0 Å². The van der Waals surface area contributed by atoms with Crippen LogP contribution in [0.25, 0.3) is 0 Å². The van der Waals surface area contributed by atoms with E-state index in [-0.39, 0.29) is 0 Å². The second kappa shape index (κ2) is 6.08. The first-order valence-corrected chi connectivity index (χ1v) is 5.52. The minimum Gasteiger partial charge on any atom is -0.297 e. The van der Waals surface area contributed by atoms with Crippen molar-refractivity contribution in [3.05, 3.63) is 59.4 Å². The van der Waals surface area contributed by atoms with Crippen LogP contribution in [0.2, 0.25) is 0 Å². The van der Waals surface area contributed by atoms with Crippen LogP contribution in [0.4, 0.5) is 0 Å². The van der Waals surface area contributed by atoms with Gasteiger partial charge >= 0.3 is 0 Å². The van der Waals surface area contributed by atoms with Gasteiger partial charge in [0.1, 0.15) is 0 Å². The summed E-state index contributed by atoms with van der Waals surface area (Å²) >= 11 is 0. The minimum absolute atomic E-state index is 0.542. The summed E-state index contributed by atoms with van der Waals surface area (Å²) in [6.07, 6.45) is 0. The molecule has 0 spiro atoms. The molecule has 0 saturated carbocycles. The molecule has 0 saturated heterocycles. The Morgan fingerprint density at radius 3 is 2.59 bits per heavy atom. The highest BCUT2D eigenvalue weighted by Crippen LogP contribution is 1.99. The molecule has 17 heavy (non-hydrogen) atoms. The molecule has 1 aromatic heterocycles. The van der Waals surface area contributed by atoms with E-state index in [9.17, 15) is 0 Å². The highest BCUT2D eigenvalue weighted by Gasteiger charge is 1.95. The number of nitrogens with one attached hydrogen (secondary N) is 1. The van der Waals surface area contributed by atoms with Crippen LogP contribution in [-0.2, 0) is 18.0 Å². The van der Waals surface area contributed by atoms with Crippen LogP contribution in [0, 0.1) is 6.92 Å². The summed E-state index contributed by atoms with van der Waals surface area (Å²) in [5.41, 5.74) is 5.78. The van der Waals surface area contributed by atoms with E-state index in [0.717, 1.165) is 17.0 Å². The molecule has 0 radical (unpaired) electrons. The molecule has 0 amide bonds. The molecule has 1 aromatic carbocycles. The second-order valence-corrected chi connectivity index (χ2v) is 3.76. The van der Waals surface area contributed by atoms with Crippen molar-refractivity contribution in [3.63, 3.8) is 0 Å². The normalized spacial score (nSPS) is 10.4. The first-order chi connectivity index (χ1) is 8.34. The van der Waals surface area contributed by atoms with Crippen molar-refractivity contribution in [2.45, 2.75) is 20.1 Å². The molecule has 4 nitrogen and oxygen atoms in total. The Hall–Kier alpha value is -1.78. The van der Waals surface area contributed by atoms with Crippen molar-refractivity contribution in [1.29, 1.82) is 0 Å². The summed E-state index contributed by atoms with van der Waals surface area (Å²) in [5.74, 6) is 0. The maximum atomic E-state index is 5.34. The Morgan fingerprint density at radius 1 is 1.06 bits per heavy atom.